The summed E-state index contributed by atoms with van der Waals surface area (Å²) in [6.07, 6.45) is 3.84. The minimum atomic E-state index is -1.07. The smallest absolute Gasteiger partial charge is 0.334 e. The van der Waals surface area contributed by atoms with Crippen LogP contribution in [0.3, 0.4) is 0 Å². The van der Waals surface area contributed by atoms with Gasteiger partial charge in [0.25, 0.3) is 0 Å². The van der Waals surface area contributed by atoms with Crippen LogP contribution in [0.1, 0.15) is 25.7 Å². The molecule has 1 fully saturated rings. The Hall–Kier alpha value is -1.30. The first-order valence-electron chi connectivity index (χ1n) is 6.29. The summed E-state index contributed by atoms with van der Waals surface area (Å²) in [5, 5.41) is 11.3. The highest BCUT2D eigenvalue weighted by Crippen LogP contribution is 2.25. The van der Waals surface area contributed by atoms with Crippen LogP contribution in [-0.2, 0) is 9.53 Å². The van der Waals surface area contributed by atoms with Gasteiger partial charge in [0.2, 0.25) is 0 Å². The Bertz CT molecular complexity index is 290. The van der Waals surface area contributed by atoms with Crippen molar-refractivity contribution < 1.29 is 19.4 Å². The van der Waals surface area contributed by atoms with Gasteiger partial charge in [-0.1, -0.05) is 12.8 Å². The summed E-state index contributed by atoms with van der Waals surface area (Å²) in [6, 6.07) is -0.245. The quantitative estimate of drug-likeness (QED) is 0.742. The van der Waals surface area contributed by atoms with E-state index < -0.39 is 12.1 Å². The van der Waals surface area contributed by atoms with Crippen LogP contribution >= 0.6 is 0 Å². The van der Waals surface area contributed by atoms with Gasteiger partial charge in [0.15, 0.2) is 6.10 Å². The average Bonchev–Trinajstić information content (AvgIpc) is 2.81. The Morgan fingerprint density at radius 2 is 2.06 bits per heavy atom. The van der Waals surface area contributed by atoms with Gasteiger partial charge in [-0.3, -0.25) is 0 Å². The number of carbonyl (C=O) groups is 2. The molecule has 0 bridgehead atoms. The number of hydrogen-bond acceptors (Lipinski definition) is 3. The summed E-state index contributed by atoms with van der Waals surface area (Å²) in [6.45, 7) is 0.718. The zero-order chi connectivity index (χ0) is 13.5. The lowest BCUT2D eigenvalue weighted by atomic mass is 10.1. The molecule has 6 nitrogen and oxygen atoms in total. The molecule has 1 aliphatic rings. The normalized spacial score (nSPS) is 17.4. The fourth-order valence-electron chi connectivity index (χ4n) is 2.25. The molecular weight excluding hydrogens is 236 g/mol. The van der Waals surface area contributed by atoms with Gasteiger partial charge in [-0.2, -0.15) is 0 Å². The van der Waals surface area contributed by atoms with E-state index in [0.29, 0.717) is 5.92 Å². The van der Waals surface area contributed by atoms with Crippen molar-refractivity contribution in [2.75, 3.05) is 27.2 Å². The number of hydrogen-bond donors (Lipinski definition) is 2. The zero-order valence-corrected chi connectivity index (χ0v) is 11.0. The number of ether oxygens (including phenoxy) is 1. The van der Waals surface area contributed by atoms with Crippen LogP contribution in [0.15, 0.2) is 0 Å². The maximum atomic E-state index is 11.7. The van der Waals surface area contributed by atoms with Gasteiger partial charge in [0.05, 0.1) is 6.54 Å². The number of methoxy groups -OCH3 is 1. The first-order valence-corrected chi connectivity index (χ1v) is 6.29. The SMILES string of the molecule is COC(CNC(=O)N(C)CC1CCCC1)C(=O)O. The van der Waals surface area contributed by atoms with Crippen LogP contribution in [0.25, 0.3) is 0 Å². The maximum absolute atomic E-state index is 11.7. The molecule has 0 heterocycles. The molecule has 1 saturated carbocycles. The van der Waals surface area contributed by atoms with Crippen molar-refractivity contribution in [3.8, 4) is 0 Å². The standard InChI is InChI=1S/C12H22N2O4/c1-14(8-9-5-3-4-6-9)12(17)13-7-10(18-2)11(15)16/h9-10H,3-8H2,1-2H3,(H,13,17)(H,15,16). The largest absolute Gasteiger partial charge is 0.479 e. The highest BCUT2D eigenvalue weighted by atomic mass is 16.5. The second kappa shape index (κ2) is 7.20. The molecule has 1 aliphatic carbocycles. The lowest BCUT2D eigenvalue weighted by Crippen LogP contribution is -2.44. The van der Waals surface area contributed by atoms with Gasteiger partial charge in [0.1, 0.15) is 0 Å². The Balaban J connectivity index is 2.28. The lowest BCUT2D eigenvalue weighted by molar-refractivity contribution is -0.148. The van der Waals surface area contributed by atoms with Crippen molar-refractivity contribution in [3.05, 3.63) is 0 Å². The third-order valence-electron chi connectivity index (χ3n) is 3.35. The molecular formula is C12H22N2O4. The second-order valence-corrected chi connectivity index (χ2v) is 4.78. The van der Waals surface area contributed by atoms with Crippen LogP contribution in [0.4, 0.5) is 4.79 Å². The fraction of sp³-hybridized carbons (Fsp3) is 0.833. The molecule has 0 aromatic carbocycles. The lowest BCUT2D eigenvalue weighted by Gasteiger charge is -2.22. The van der Waals surface area contributed by atoms with Crippen molar-refractivity contribution in [2.24, 2.45) is 5.92 Å². The molecule has 1 rings (SSSR count). The number of urea groups is 1. The molecule has 6 heteroatoms. The highest BCUT2D eigenvalue weighted by Gasteiger charge is 2.21. The van der Waals surface area contributed by atoms with Crippen LogP contribution in [0.5, 0.6) is 0 Å². The number of nitrogens with zero attached hydrogens (tertiary/aromatic N) is 1. The number of carboxylic acid groups (broad SMARTS) is 1. The number of nitrogens with one attached hydrogen (secondary N) is 1. The van der Waals surface area contributed by atoms with E-state index in [1.54, 1.807) is 11.9 Å². The van der Waals surface area contributed by atoms with Crippen LogP contribution in [-0.4, -0.2) is 55.4 Å². The Morgan fingerprint density at radius 3 is 2.56 bits per heavy atom. The Labute approximate surface area is 107 Å². The molecule has 0 aliphatic heterocycles. The molecule has 1 atom stereocenters. The highest BCUT2D eigenvalue weighted by molar-refractivity contribution is 5.76. The Kier molecular flexibility index (Phi) is 5.91. The van der Waals surface area contributed by atoms with E-state index in [0.717, 1.165) is 6.54 Å². The Morgan fingerprint density at radius 1 is 1.44 bits per heavy atom. The van der Waals surface area contributed by atoms with Crippen LogP contribution in [0, 0.1) is 5.92 Å². The third kappa shape index (κ3) is 4.52. The van der Waals surface area contributed by atoms with Gasteiger partial charge in [-0.25, -0.2) is 9.59 Å². The van der Waals surface area contributed by atoms with E-state index in [4.69, 9.17) is 9.84 Å². The second-order valence-electron chi connectivity index (χ2n) is 4.78. The summed E-state index contributed by atoms with van der Waals surface area (Å²) in [7, 11) is 3.05. The number of carbonyl (C=O) groups excluding carboxylic acids is 1. The van der Waals surface area contributed by atoms with E-state index >= 15 is 0 Å². The molecule has 104 valence electrons. The summed E-state index contributed by atoms with van der Waals surface area (Å²) >= 11 is 0. The molecule has 1 unspecified atom stereocenters. The van der Waals surface area contributed by atoms with E-state index in [-0.39, 0.29) is 12.6 Å². The van der Waals surface area contributed by atoms with Gasteiger partial charge in [-0.15, -0.1) is 0 Å². The first kappa shape index (κ1) is 14.8. The van der Waals surface area contributed by atoms with Crippen molar-refractivity contribution in [3.63, 3.8) is 0 Å². The van der Waals surface area contributed by atoms with Gasteiger partial charge in [0, 0.05) is 20.7 Å². The van der Waals surface area contributed by atoms with E-state index in [1.807, 2.05) is 0 Å². The number of carboxylic acids is 1. The van der Waals surface area contributed by atoms with Crippen LogP contribution < -0.4 is 5.32 Å². The minimum absolute atomic E-state index is 0.0142. The summed E-state index contributed by atoms with van der Waals surface area (Å²) in [4.78, 5) is 24.1. The molecule has 0 aromatic rings. The van der Waals surface area contributed by atoms with Gasteiger partial charge in [-0.05, 0) is 18.8 Å². The zero-order valence-electron chi connectivity index (χ0n) is 11.0. The van der Waals surface area contributed by atoms with E-state index in [1.165, 1.54) is 32.8 Å². The summed E-state index contributed by atoms with van der Waals surface area (Å²) in [5.41, 5.74) is 0. The minimum Gasteiger partial charge on any atom is -0.479 e. The van der Waals surface area contributed by atoms with Crippen molar-refractivity contribution in [1.29, 1.82) is 0 Å². The predicted molar refractivity (Wildman–Crippen MR) is 66.4 cm³/mol. The van der Waals surface area contributed by atoms with E-state index in [9.17, 15) is 9.59 Å². The first-order chi connectivity index (χ1) is 8.54. The molecule has 0 radical (unpaired) electrons. The van der Waals surface area contributed by atoms with Gasteiger partial charge >= 0.3 is 12.0 Å². The summed E-state index contributed by atoms with van der Waals surface area (Å²) < 4.78 is 4.74. The van der Waals surface area contributed by atoms with Crippen molar-refractivity contribution >= 4 is 12.0 Å². The maximum Gasteiger partial charge on any atom is 0.334 e. The van der Waals surface area contributed by atoms with E-state index in [2.05, 4.69) is 5.32 Å². The molecule has 0 aromatic heterocycles. The summed E-state index contributed by atoms with van der Waals surface area (Å²) in [5.74, 6) is -0.491. The average molecular weight is 258 g/mol. The monoisotopic (exact) mass is 258 g/mol. The molecule has 0 saturated heterocycles. The topological polar surface area (TPSA) is 78.9 Å². The van der Waals surface area contributed by atoms with Gasteiger partial charge < -0.3 is 20.1 Å². The van der Waals surface area contributed by atoms with Crippen molar-refractivity contribution in [1.82, 2.24) is 10.2 Å². The molecule has 18 heavy (non-hydrogen) atoms. The third-order valence-corrected chi connectivity index (χ3v) is 3.35. The fourth-order valence-corrected chi connectivity index (χ4v) is 2.25. The number of rotatable bonds is 6. The van der Waals surface area contributed by atoms with Crippen molar-refractivity contribution in [2.45, 2.75) is 31.8 Å². The predicted octanol–water partition coefficient (Wildman–Crippen LogP) is 0.918. The number of aliphatic carboxylic acids is 1. The molecule has 0 spiro atoms. The molecule has 2 N–H and O–H groups in total. The van der Waals surface area contributed by atoms with Crippen LogP contribution in [0.2, 0.25) is 0 Å². The number of amides is 2. The molecule has 2 amide bonds.